The third-order valence-corrected chi connectivity index (χ3v) is 3.57. The Kier molecular flexibility index (Phi) is 7.33. The number of rotatable bonds is 8. The molecule has 0 radical (unpaired) electrons. The van der Waals surface area contributed by atoms with Crippen molar-refractivity contribution in [2.24, 2.45) is 0 Å². The summed E-state index contributed by atoms with van der Waals surface area (Å²) in [6, 6.07) is 11.4. The van der Waals surface area contributed by atoms with E-state index in [1.807, 2.05) is 17.8 Å². The lowest BCUT2D eigenvalue weighted by molar-refractivity contribution is 0.162. The van der Waals surface area contributed by atoms with Gasteiger partial charge in [0.05, 0.1) is 12.6 Å². The highest BCUT2D eigenvalue weighted by atomic mass is 32.2. The fraction of sp³-hybridized carbons (Fsp3) is 0.571. The number of ether oxygens (including phenoxy) is 1. The summed E-state index contributed by atoms with van der Waals surface area (Å²) in [4.78, 5) is 0. The van der Waals surface area contributed by atoms with Gasteiger partial charge in [0.1, 0.15) is 0 Å². The molecule has 2 unspecified atom stereocenters. The van der Waals surface area contributed by atoms with Gasteiger partial charge in [0.2, 0.25) is 0 Å². The van der Waals surface area contributed by atoms with Crippen molar-refractivity contribution in [2.75, 3.05) is 25.7 Å². The van der Waals surface area contributed by atoms with Crippen molar-refractivity contribution in [3.05, 3.63) is 35.9 Å². The van der Waals surface area contributed by atoms with Crippen molar-refractivity contribution in [3.8, 4) is 0 Å². The highest BCUT2D eigenvalue weighted by Gasteiger charge is 2.15. The van der Waals surface area contributed by atoms with E-state index in [9.17, 15) is 0 Å². The molecule has 2 nitrogen and oxygen atoms in total. The molecular weight excluding hydrogens is 230 g/mol. The third-order valence-electron chi connectivity index (χ3n) is 2.83. The van der Waals surface area contributed by atoms with Crippen molar-refractivity contribution >= 4 is 11.8 Å². The number of methoxy groups -OCH3 is 1. The minimum Gasteiger partial charge on any atom is -0.383 e. The molecule has 0 spiro atoms. The maximum atomic E-state index is 5.31. The molecule has 1 rings (SSSR count). The second kappa shape index (κ2) is 8.56. The summed E-state index contributed by atoms with van der Waals surface area (Å²) in [6.07, 6.45) is 3.30. The monoisotopic (exact) mass is 253 g/mol. The lowest BCUT2D eigenvalue weighted by Gasteiger charge is -2.24. The predicted molar refractivity (Wildman–Crippen MR) is 76.7 cm³/mol. The fourth-order valence-corrected chi connectivity index (χ4v) is 2.60. The van der Waals surface area contributed by atoms with Gasteiger partial charge in [0.25, 0.3) is 0 Å². The standard InChI is InChI=1S/C14H23NOS/c1-4-13(11-17-3)15-14(10-16-2)12-8-6-5-7-9-12/h5-9,13-15H,4,10-11H2,1-3H3. The van der Waals surface area contributed by atoms with Crippen LogP contribution in [-0.4, -0.2) is 31.8 Å². The number of benzene rings is 1. The molecule has 0 heterocycles. The van der Waals surface area contributed by atoms with Crippen molar-refractivity contribution in [3.63, 3.8) is 0 Å². The fourth-order valence-electron chi connectivity index (χ4n) is 1.86. The Morgan fingerprint density at radius 2 is 2.00 bits per heavy atom. The summed E-state index contributed by atoms with van der Waals surface area (Å²) in [5.41, 5.74) is 1.30. The third kappa shape index (κ3) is 5.11. The van der Waals surface area contributed by atoms with Crippen LogP contribution in [0.3, 0.4) is 0 Å². The normalized spacial score (nSPS) is 14.5. The molecule has 0 aromatic heterocycles. The Morgan fingerprint density at radius 1 is 1.29 bits per heavy atom. The van der Waals surface area contributed by atoms with E-state index in [1.54, 1.807) is 7.11 Å². The first-order valence-electron chi connectivity index (χ1n) is 6.10. The lowest BCUT2D eigenvalue weighted by atomic mass is 10.1. The summed E-state index contributed by atoms with van der Waals surface area (Å²) in [6.45, 7) is 2.94. The second-order valence-corrected chi connectivity index (χ2v) is 5.06. The van der Waals surface area contributed by atoms with E-state index < -0.39 is 0 Å². The van der Waals surface area contributed by atoms with Gasteiger partial charge in [-0.2, -0.15) is 11.8 Å². The minimum atomic E-state index is 0.290. The van der Waals surface area contributed by atoms with Gasteiger partial charge in [0, 0.05) is 18.9 Å². The molecule has 0 bridgehead atoms. The van der Waals surface area contributed by atoms with Crippen LogP contribution in [0.1, 0.15) is 24.9 Å². The van der Waals surface area contributed by atoms with Gasteiger partial charge in [-0.05, 0) is 18.2 Å². The zero-order chi connectivity index (χ0) is 12.5. The topological polar surface area (TPSA) is 21.3 Å². The van der Waals surface area contributed by atoms with Gasteiger partial charge >= 0.3 is 0 Å². The second-order valence-electron chi connectivity index (χ2n) is 4.15. The summed E-state index contributed by atoms with van der Waals surface area (Å²) in [7, 11) is 1.76. The first-order valence-corrected chi connectivity index (χ1v) is 7.50. The van der Waals surface area contributed by atoms with Crippen LogP contribution < -0.4 is 5.32 Å². The highest BCUT2D eigenvalue weighted by molar-refractivity contribution is 7.98. The largest absolute Gasteiger partial charge is 0.383 e. The van der Waals surface area contributed by atoms with E-state index >= 15 is 0 Å². The molecule has 0 aliphatic heterocycles. The molecule has 1 aromatic rings. The smallest absolute Gasteiger partial charge is 0.0657 e. The van der Waals surface area contributed by atoms with Crippen molar-refractivity contribution in [2.45, 2.75) is 25.4 Å². The Bertz CT molecular complexity index is 292. The molecule has 0 fully saturated rings. The summed E-state index contributed by atoms with van der Waals surface area (Å²) in [5, 5.41) is 3.68. The van der Waals surface area contributed by atoms with E-state index in [2.05, 4.69) is 42.8 Å². The first kappa shape index (κ1) is 14.6. The number of hydrogen-bond donors (Lipinski definition) is 1. The van der Waals surface area contributed by atoms with Crippen LogP contribution in [0.25, 0.3) is 0 Å². The quantitative estimate of drug-likeness (QED) is 0.769. The van der Waals surface area contributed by atoms with E-state index in [4.69, 9.17) is 4.74 Å². The Hall–Kier alpha value is -0.510. The van der Waals surface area contributed by atoms with Crippen molar-refractivity contribution in [1.29, 1.82) is 0 Å². The maximum absolute atomic E-state index is 5.31. The molecule has 96 valence electrons. The van der Waals surface area contributed by atoms with Crippen LogP contribution in [0.2, 0.25) is 0 Å². The van der Waals surface area contributed by atoms with E-state index in [0.717, 1.165) is 18.8 Å². The first-order chi connectivity index (χ1) is 8.31. The van der Waals surface area contributed by atoms with Gasteiger partial charge in [-0.3, -0.25) is 0 Å². The average molecular weight is 253 g/mol. The molecule has 2 atom stereocenters. The predicted octanol–water partition coefficient (Wildman–Crippen LogP) is 3.11. The van der Waals surface area contributed by atoms with Crippen molar-refractivity contribution < 1.29 is 4.74 Å². The van der Waals surface area contributed by atoms with Gasteiger partial charge in [-0.15, -0.1) is 0 Å². The van der Waals surface area contributed by atoms with Gasteiger partial charge in [-0.25, -0.2) is 0 Å². The molecule has 0 amide bonds. The van der Waals surface area contributed by atoms with Crippen LogP contribution in [0.5, 0.6) is 0 Å². The van der Waals surface area contributed by atoms with E-state index in [1.165, 1.54) is 5.56 Å². The molecule has 1 N–H and O–H groups in total. The Labute approximate surface area is 109 Å². The molecule has 0 saturated heterocycles. The van der Waals surface area contributed by atoms with Crippen LogP contribution >= 0.6 is 11.8 Å². The average Bonchev–Trinajstić information content (AvgIpc) is 2.38. The molecule has 1 aromatic carbocycles. The zero-order valence-electron chi connectivity index (χ0n) is 11.0. The minimum absolute atomic E-state index is 0.290. The highest BCUT2D eigenvalue weighted by Crippen LogP contribution is 2.15. The molecule has 0 saturated carbocycles. The molecular formula is C14H23NOS. The van der Waals surface area contributed by atoms with Crippen LogP contribution in [0, 0.1) is 0 Å². The van der Waals surface area contributed by atoms with Gasteiger partial charge in [0.15, 0.2) is 0 Å². The molecule has 0 aliphatic carbocycles. The maximum Gasteiger partial charge on any atom is 0.0657 e. The molecule has 17 heavy (non-hydrogen) atoms. The van der Waals surface area contributed by atoms with Gasteiger partial charge < -0.3 is 10.1 Å². The van der Waals surface area contributed by atoms with Crippen LogP contribution in [0.15, 0.2) is 30.3 Å². The molecule has 3 heteroatoms. The number of hydrogen-bond acceptors (Lipinski definition) is 3. The number of nitrogens with one attached hydrogen (secondary N) is 1. The Balaban J connectivity index is 2.65. The van der Waals surface area contributed by atoms with Gasteiger partial charge in [-0.1, -0.05) is 37.3 Å². The molecule has 0 aliphatic rings. The van der Waals surface area contributed by atoms with Crippen LogP contribution in [-0.2, 0) is 4.74 Å². The van der Waals surface area contributed by atoms with Crippen molar-refractivity contribution in [1.82, 2.24) is 5.32 Å². The summed E-state index contributed by atoms with van der Waals surface area (Å²) < 4.78 is 5.31. The van der Waals surface area contributed by atoms with E-state index in [-0.39, 0.29) is 0 Å². The van der Waals surface area contributed by atoms with E-state index in [0.29, 0.717) is 12.1 Å². The Morgan fingerprint density at radius 3 is 2.53 bits per heavy atom. The number of thioether (sulfide) groups is 1. The SMILES string of the molecule is CCC(CSC)NC(COC)c1ccccc1. The zero-order valence-corrected chi connectivity index (χ0v) is 11.8. The van der Waals surface area contributed by atoms with Crippen LogP contribution in [0.4, 0.5) is 0 Å². The summed E-state index contributed by atoms with van der Waals surface area (Å²) >= 11 is 1.89. The lowest BCUT2D eigenvalue weighted by Crippen LogP contribution is -2.36. The summed E-state index contributed by atoms with van der Waals surface area (Å²) in [5.74, 6) is 1.14.